The molecular weight excluding hydrogens is 538 g/mol. The molecule has 4 aromatic carbocycles. The van der Waals surface area contributed by atoms with Crippen LogP contribution in [0.5, 0.6) is 0 Å². The summed E-state index contributed by atoms with van der Waals surface area (Å²) in [7, 11) is 0. The highest BCUT2D eigenvalue weighted by molar-refractivity contribution is 5.92. The number of H-pyrrole nitrogens is 1. The van der Waals surface area contributed by atoms with Crippen LogP contribution in [0.25, 0.3) is 22.0 Å². The minimum Gasteiger partial charge on any atom is -0.449 e. The number of hydrogen-bond donors (Lipinski definition) is 4. The van der Waals surface area contributed by atoms with Gasteiger partial charge in [-0.3, -0.25) is 4.79 Å². The molecule has 0 saturated carbocycles. The van der Waals surface area contributed by atoms with Crippen molar-refractivity contribution >= 4 is 22.9 Å². The lowest BCUT2D eigenvalue weighted by Gasteiger charge is -2.31. The van der Waals surface area contributed by atoms with E-state index in [2.05, 4.69) is 39.9 Å². The van der Waals surface area contributed by atoms with Crippen LogP contribution in [-0.4, -0.2) is 46.9 Å². The van der Waals surface area contributed by atoms with Crippen LogP contribution in [-0.2, 0) is 22.4 Å². The molecule has 1 aliphatic rings. The van der Waals surface area contributed by atoms with E-state index < -0.39 is 23.6 Å². The van der Waals surface area contributed by atoms with Gasteiger partial charge < -0.3 is 25.5 Å². The second kappa shape index (κ2) is 12.2. The Morgan fingerprint density at radius 1 is 0.884 bits per heavy atom. The summed E-state index contributed by atoms with van der Waals surface area (Å²) in [5.41, 5.74) is 5.97. The van der Waals surface area contributed by atoms with Crippen LogP contribution in [0, 0.1) is 0 Å². The van der Waals surface area contributed by atoms with Crippen molar-refractivity contribution in [3.8, 4) is 11.1 Å². The smallest absolute Gasteiger partial charge is 0.408 e. The van der Waals surface area contributed by atoms with Crippen molar-refractivity contribution in [1.29, 1.82) is 0 Å². The van der Waals surface area contributed by atoms with Crippen LogP contribution >= 0.6 is 0 Å². The molecule has 2 unspecified atom stereocenters. The molecule has 43 heavy (non-hydrogen) atoms. The fourth-order valence-electron chi connectivity index (χ4n) is 6.10. The van der Waals surface area contributed by atoms with Gasteiger partial charge in [0.05, 0.1) is 12.6 Å². The number of fused-ring (bicyclic) bond motifs is 4. The third-order valence-electron chi connectivity index (χ3n) is 8.32. The molecule has 0 fully saturated rings. The fourth-order valence-corrected chi connectivity index (χ4v) is 6.10. The van der Waals surface area contributed by atoms with Gasteiger partial charge in [-0.2, -0.15) is 0 Å². The van der Waals surface area contributed by atoms with E-state index in [0.29, 0.717) is 6.42 Å². The quantitative estimate of drug-likeness (QED) is 0.171. The minimum absolute atomic E-state index is 0.100. The van der Waals surface area contributed by atoms with Crippen molar-refractivity contribution in [3.63, 3.8) is 0 Å². The van der Waals surface area contributed by atoms with Crippen molar-refractivity contribution in [2.45, 2.75) is 37.3 Å². The average Bonchev–Trinajstić information content (AvgIpc) is 3.58. The van der Waals surface area contributed by atoms with Crippen LogP contribution in [0.1, 0.15) is 35.1 Å². The van der Waals surface area contributed by atoms with Crippen LogP contribution in [0.2, 0.25) is 0 Å². The average molecular weight is 574 g/mol. The van der Waals surface area contributed by atoms with E-state index in [1.54, 1.807) is 6.92 Å². The highest BCUT2D eigenvalue weighted by atomic mass is 16.5. The largest absolute Gasteiger partial charge is 0.449 e. The summed E-state index contributed by atoms with van der Waals surface area (Å²) in [5, 5.41) is 17.0. The summed E-state index contributed by atoms with van der Waals surface area (Å²) in [6, 6.07) is 33.3. The van der Waals surface area contributed by atoms with E-state index in [9.17, 15) is 14.7 Å². The summed E-state index contributed by atoms with van der Waals surface area (Å²) in [6.07, 6.45) is 1.86. The Labute approximate surface area is 250 Å². The maximum Gasteiger partial charge on any atom is 0.408 e. The van der Waals surface area contributed by atoms with E-state index in [1.807, 2.05) is 85.1 Å². The van der Waals surface area contributed by atoms with Gasteiger partial charge >= 0.3 is 6.09 Å². The van der Waals surface area contributed by atoms with E-state index >= 15 is 0 Å². The number of alkyl carbamates (subject to hydrolysis) is 1. The number of hydrogen-bond acceptors (Lipinski definition) is 4. The Balaban J connectivity index is 1.22. The first kappa shape index (κ1) is 28.2. The highest BCUT2D eigenvalue weighted by Crippen LogP contribution is 2.44. The summed E-state index contributed by atoms with van der Waals surface area (Å²) < 4.78 is 5.83. The number of carbonyl (C=O) groups is 2. The molecular formula is C36H35N3O4. The first-order valence-electron chi connectivity index (χ1n) is 14.6. The number of amides is 2. The van der Waals surface area contributed by atoms with Gasteiger partial charge in [-0.1, -0.05) is 97.1 Å². The predicted molar refractivity (Wildman–Crippen MR) is 168 cm³/mol. The maximum absolute atomic E-state index is 13.9. The van der Waals surface area contributed by atoms with E-state index in [-0.39, 0.29) is 25.6 Å². The number of benzene rings is 4. The Morgan fingerprint density at radius 3 is 2.21 bits per heavy atom. The van der Waals surface area contributed by atoms with Crippen LogP contribution < -0.4 is 10.6 Å². The first-order chi connectivity index (χ1) is 20.9. The molecule has 2 atom stereocenters. The van der Waals surface area contributed by atoms with Crippen molar-refractivity contribution in [2.24, 2.45) is 0 Å². The molecule has 6 rings (SSSR count). The van der Waals surface area contributed by atoms with E-state index in [1.165, 1.54) is 0 Å². The number of carbonyl (C=O) groups excluding carboxylic acids is 2. The zero-order valence-electron chi connectivity index (χ0n) is 24.0. The molecule has 1 aliphatic carbocycles. The Hall–Kier alpha value is -4.88. The molecule has 0 spiro atoms. The Bertz CT molecular complexity index is 1700. The van der Waals surface area contributed by atoms with Gasteiger partial charge in [0.2, 0.25) is 5.91 Å². The number of nitrogens with one attached hydrogen (secondary N) is 3. The third kappa shape index (κ3) is 5.90. The molecule has 1 aromatic heterocycles. The van der Waals surface area contributed by atoms with E-state index in [4.69, 9.17) is 4.74 Å². The number of aliphatic hydroxyl groups is 1. The molecule has 0 radical (unpaired) electrons. The molecule has 0 aliphatic heterocycles. The summed E-state index contributed by atoms with van der Waals surface area (Å²) in [4.78, 5) is 30.6. The zero-order chi connectivity index (χ0) is 29.8. The third-order valence-corrected chi connectivity index (χ3v) is 8.32. The van der Waals surface area contributed by atoms with Gasteiger partial charge in [-0.25, -0.2) is 4.79 Å². The number of ether oxygens (including phenoxy) is 1. The molecule has 7 nitrogen and oxygen atoms in total. The standard InChI is InChI=1S/C36H35N3O4/c1-36(20-25-21-37-33-18-10-9-13-27(25)33,34(41)38-26(22-40)19-24-11-3-2-4-12-24)39-35(42)43-23-32-30-16-7-5-14-28(30)29-15-6-8-17-31(29)32/h2-18,21,26,32,37,40H,19-20,22-23H2,1H3,(H,38,41)(H,39,42). The lowest BCUT2D eigenvalue weighted by Crippen LogP contribution is -2.60. The lowest BCUT2D eigenvalue weighted by molar-refractivity contribution is -0.128. The Morgan fingerprint density at radius 2 is 1.51 bits per heavy atom. The van der Waals surface area contributed by atoms with Crippen molar-refractivity contribution in [1.82, 2.24) is 15.6 Å². The summed E-state index contributed by atoms with van der Waals surface area (Å²) >= 11 is 0. The van der Waals surface area contributed by atoms with Gasteiger partial charge in [0.25, 0.3) is 0 Å². The van der Waals surface area contributed by atoms with Crippen molar-refractivity contribution in [3.05, 3.63) is 132 Å². The summed E-state index contributed by atoms with van der Waals surface area (Å²) in [5.74, 6) is -0.502. The van der Waals surface area contributed by atoms with Crippen LogP contribution in [0.4, 0.5) is 4.79 Å². The Kier molecular flexibility index (Phi) is 7.99. The number of rotatable bonds is 10. The number of para-hydroxylation sites is 1. The molecule has 7 heteroatoms. The topological polar surface area (TPSA) is 103 Å². The van der Waals surface area contributed by atoms with Gasteiger partial charge in [0.1, 0.15) is 12.1 Å². The van der Waals surface area contributed by atoms with Gasteiger partial charge in [-0.15, -0.1) is 0 Å². The lowest BCUT2D eigenvalue weighted by atomic mass is 9.91. The van der Waals surface area contributed by atoms with Crippen molar-refractivity contribution in [2.75, 3.05) is 13.2 Å². The summed E-state index contributed by atoms with van der Waals surface area (Å²) in [6.45, 7) is 1.59. The predicted octanol–water partition coefficient (Wildman–Crippen LogP) is 5.73. The molecule has 4 N–H and O–H groups in total. The number of aromatic amines is 1. The number of aliphatic hydroxyl groups excluding tert-OH is 1. The molecule has 218 valence electrons. The second-order valence-corrected chi connectivity index (χ2v) is 11.4. The molecule has 5 aromatic rings. The molecule has 0 bridgehead atoms. The van der Waals surface area contributed by atoms with Gasteiger partial charge in [-0.05, 0) is 52.8 Å². The maximum atomic E-state index is 13.9. The molecule has 2 amide bonds. The fraction of sp³-hybridized carbons (Fsp3) is 0.222. The molecule has 1 heterocycles. The zero-order valence-corrected chi connectivity index (χ0v) is 24.0. The second-order valence-electron chi connectivity index (χ2n) is 11.4. The SMILES string of the molecule is CC(Cc1c[nH]c2ccccc12)(NC(=O)OCC1c2ccccc2-c2ccccc21)C(=O)NC(CO)Cc1ccccc1. The van der Waals surface area contributed by atoms with Gasteiger partial charge in [0, 0.05) is 29.4 Å². The van der Waals surface area contributed by atoms with Crippen LogP contribution in [0.15, 0.2) is 109 Å². The van der Waals surface area contributed by atoms with Crippen molar-refractivity contribution < 1.29 is 19.4 Å². The number of aromatic nitrogens is 1. The normalized spacial score (nSPS) is 14.4. The minimum atomic E-state index is -1.36. The first-order valence-corrected chi connectivity index (χ1v) is 14.6. The van der Waals surface area contributed by atoms with Crippen LogP contribution in [0.3, 0.4) is 0 Å². The highest BCUT2D eigenvalue weighted by Gasteiger charge is 2.38. The van der Waals surface area contributed by atoms with Gasteiger partial charge in [0.15, 0.2) is 0 Å². The molecule has 0 saturated heterocycles. The van der Waals surface area contributed by atoms with E-state index in [0.717, 1.165) is 44.3 Å². The monoisotopic (exact) mass is 573 g/mol.